The first-order valence-electron chi connectivity index (χ1n) is 23.5. The molecule has 344 valence electrons. The molecule has 0 radical (unpaired) electrons. The van der Waals surface area contributed by atoms with Gasteiger partial charge < -0.3 is 49.6 Å². The van der Waals surface area contributed by atoms with E-state index in [2.05, 4.69) is 38.3 Å². The molecule has 0 bridgehead atoms. The van der Waals surface area contributed by atoms with Crippen LogP contribution in [0.25, 0.3) is 0 Å². The molecule has 5 N–H and O–H groups in total. The van der Waals surface area contributed by atoms with E-state index in [0.717, 1.165) is 19.3 Å². The lowest BCUT2D eigenvalue weighted by atomic mass is 9.72. The monoisotopic (exact) mass is 849 g/mol. The van der Waals surface area contributed by atoms with Gasteiger partial charge in [0.2, 0.25) is 0 Å². The van der Waals surface area contributed by atoms with Gasteiger partial charge in [-0.3, -0.25) is 9.59 Å². The van der Waals surface area contributed by atoms with Gasteiger partial charge in [0, 0.05) is 36.6 Å². The van der Waals surface area contributed by atoms with Gasteiger partial charge in [-0.05, 0) is 96.0 Å². The van der Waals surface area contributed by atoms with Crippen LogP contribution in [0.5, 0.6) is 0 Å². The third-order valence-electron chi connectivity index (χ3n) is 15.6. The van der Waals surface area contributed by atoms with Crippen LogP contribution in [-0.2, 0) is 33.3 Å². The molecule has 2 spiro atoms. The largest absolute Gasteiger partial charge is 0.481 e. The summed E-state index contributed by atoms with van der Waals surface area (Å²) in [6, 6.07) is -0.968. The number of ketones is 1. The number of Topliss-reactive ketones (excluding diaryl/α,β-unsaturated/α-hetero) is 1. The number of aliphatic hydroxyl groups excluding tert-OH is 1. The van der Waals surface area contributed by atoms with E-state index in [9.17, 15) is 29.7 Å². The highest BCUT2D eigenvalue weighted by Crippen LogP contribution is 2.54. The van der Waals surface area contributed by atoms with Crippen molar-refractivity contribution >= 4 is 17.8 Å². The van der Waals surface area contributed by atoms with E-state index in [-0.39, 0.29) is 47.9 Å². The lowest BCUT2D eigenvalue weighted by Gasteiger charge is -2.55. The van der Waals surface area contributed by atoms with Gasteiger partial charge in [-0.2, -0.15) is 0 Å². The van der Waals surface area contributed by atoms with E-state index in [1.165, 1.54) is 0 Å². The number of hydrogen-bond donors (Lipinski definition) is 5. The number of ether oxygens (including phenoxy) is 5. The number of aliphatic hydroxyl groups is 2. The summed E-state index contributed by atoms with van der Waals surface area (Å²) in [5.41, 5.74) is -1.69. The summed E-state index contributed by atoms with van der Waals surface area (Å²) in [7, 11) is 0. The molecule has 5 heterocycles. The normalized spacial score (nSPS) is 42.0. The van der Waals surface area contributed by atoms with Crippen molar-refractivity contribution in [2.24, 2.45) is 41.4 Å². The standard InChI is InChI=1S/C47H80N2O11/c1-12-16-25-48-43(54)49-36-19-22-46(60-47(36)24-23-44(11,59-47)37-20-21-45(55,15-4)32(10)56-37)29(7)26-28(6)41(58-46)34(14-3)39(51)30(8)38(50)31(9)40-27(5)17-18-35(57-40)33(13-2)42(52)53/h19,22,27-38,40-41,50,55H,12-18,20-21,23-26H2,1-11H3,(H,52,53)(H2,48,49,54)/t27-,28-,29+,30-,31-,32-,33+,34-,35+,36+,37+,38+,40+,41-,44-,45+,46-,47-/m0/s1. The predicted octanol–water partition coefficient (Wildman–Crippen LogP) is 7.30. The lowest BCUT2D eigenvalue weighted by molar-refractivity contribution is -0.397. The van der Waals surface area contributed by atoms with Crippen molar-refractivity contribution in [3.05, 3.63) is 12.2 Å². The zero-order valence-corrected chi connectivity index (χ0v) is 38.5. The number of hydrogen-bond acceptors (Lipinski definition) is 10. The minimum absolute atomic E-state index is 0.0110. The zero-order valence-electron chi connectivity index (χ0n) is 38.5. The van der Waals surface area contributed by atoms with Gasteiger partial charge in [0.1, 0.15) is 11.8 Å². The maximum absolute atomic E-state index is 14.6. The Labute approximate surface area is 359 Å². The van der Waals surface area contributed by atoms with Crippen molar-refractivity contribution in [3.63, 3.8) is 0 Å². The van der Waals surface area contributed by atoms with E-state index in [4.69, 9.17) is 23.7 Å². The predicted molar refractivity (Wildman–Crippen MR) is 228 cm³/mol. The molecule has 0 aromatic heterocycles. The second-order valence-corrected chi connectivity index (χ2v) is 19.7. The molecule has 13 heteroatoms. The summed E-state index contributed by atoms with van der Waals surface area (Å²) in [4.78, 5) is 40.0. The van der Waals surface area contributed by atoms with E-state index in [1.807, 2.05) is 53.7 Å². The number of amides is 2. The first-order valence-corrected chi connectivity index (χ1v) is 23.5. The van der Waals surface area contributed by atoms with Crippen molar-refractivity contribution in [2.75, 3.05) is 6.54 Å². The second kappa shape index (κ2) is 19.7. The SMILES string of the molecule is CCCCNC(=O)N[C@@H]1C=C[C@]2(O[C@H]([C@@H](CC)C(=O)[C@@H](C)[C@@H](O)[C@H](C)[C@@H]3O[C@@H]([C@@H](CC)C(=O)O)CC[C@@H]3C)[C@@H](C)C[C@H]2C)O[C@@]12CC[C@@](C)([C@H]1CC[C@](O)(CC)[C@H](C)O1)O2. The first kappa shape index (κ1) is 48.9. The van der Waals surface area contributed by atoms with Crippen molar-refractivity contribution in [1.29, 1.82) is 0 Å². The average molecular weight is 849 g/mol. The molecule has 18 atom stereocenters. The Hall–Kier alpha value is -2.13. The molecule has 5 rings (SSSR count). The molecular weight excluding hydrogens is 769 g/mol. The fraction of sp³-hybridized carbons (Fsp3) is 0.894. The molecule has 4 saturated heterocycles. The lowest BCUT2D eigenvalue weighted by Crippen LogP contribution is -2.66. The maximum atomic E-state index is 14.6. The Morgan fingerprint density at radius 2 is 1.58 bits per heavy atom. The summed E-state index contributed by atoms with van der Waals surface area (Å²) < 4.78 is 34.5. The highest BCUT2D eigenvalue weighted by atomic mass is 16.8. The van der Waals surface area contributed by atoms with Crippen LogP contribution in [0.3, 0.4) is 0 Å². The maximum Gasteiger partial charge on any atom is 0.315 e. The van der Waals surface area contributed by atoms with E-state index in [1.54, 1.807) is 6.92 Å². The van der Waals surface area contributed by atoms with Gasteiger partial charge in [0.15, 0.2) is 11.6 Å². The van der Waals surface area contributed by atoms with E-state index >= 15 is 0 Å². The fourth-order valence-electron chi connectivity index (χ4n) is 11.2. The van der Waals surface area contributed by atoms with Crippen LogP contribution in [0.2, 0.25) is 0 Å². The summed E-state index contributed by atoms with van der Waals surface area (Å²) in [6.45, 7) is 22.3. The van der Waals surface area contributed by atoms with Crippen molar-refractivity contribution in [2.45, 2.75) is 219 Å². The van der Waals surface area contributed by atoms with Crippen molar-refractivity contribution in [3.8, 4) is 0 Å². The van der Waals surface area contributed by atoms with Crippen molar-refractivity contribution in [1.82, 2.24) is 10.6 Å². The van der Waals surface area contributed by atoms with Gasteiger partial charge in [-0.1, -0.05) is 74.8 Å². The number of aliphatic carboxylic acids is 1. The van der Waals surface area contributed by atoms with Gasteiger partial charge in [-0.25, -0.2) is 4.79 Å². The molecular formula is C47H80N2O11. The minimum Gasteiger partial charge on any atom is -0.481 e. The molecule has 13 nitrogen and oxygen atoms in total. The molecule has 0 aliphatic carbocycles. The van der Waals surface area contributed by atoms with Crippen LogP contribution >= 0.6 is 0 Å². The average Bonchev–Trinajstić information content (AvgIpc) is 3.55. The Balaban J connectivity index is 1.38. The number of rotatable bonds is 16. The molecule has 0 aromatic rings. The summed E-state index contributed by atoms with van der Waals surface area (Å²) >= 11 is 0. The topological polar surface area (TPSA) is 182 Å². The number of carboxylic acid groups (broad SMARTS) is 1. The molecule has 2 amide bonds. The van der Waals surface area contributed by atoms with Crippen LogP contribution in [0.1, 0.15) is 153 Å². The highest BCUT2D eigenvalue weighted by Gasteiger charge is 2.63. The van der Waals surface area contributed by atoms with Crippen LogP contribution in [-0.4, -0.2) is 105 Å². The molecule has 4 fully saturated rings. The number of unbranched alkanes of at least 4 members (excludes halogenated alkanes) is 1. The smallest absolute Gasteiger partial charge is 0.315 e. The van der Waals surface area contributed by atoms with Gasteiger partial charge in [-0.15, -0.1) is 0 Å². The Bertz CT molecular complexity index is 1510. The van der Waals surface area contributed by atoms with Crippen LogP contribution < -0.4 is 10.6 Å². The van der Waals surface area contributed by atoms with Crippen LogP contribution in [0.4, 0.5) is 4.79 Å². The number of carboxylic acids is 1. The third kappa shape index (κ3) is 9.82. The Kier molecular flexibility index (Phi) is 16.1. The zero-order chi connectivity index (χ0) is 44.4. The Morgan fingerprint density at radius 3 is 2.20 bits per heavy atom. The van der Waals surface area contributed by atoms with Gasteiger partial charge in [0.05, 0.1) is 53.7 Å². The Morgan fingerprint density at radius 1 is 0.883 bits per heavy atom. The quantitative estimate of drug-likeness (QED) is 0.0777. The number of urea groups is 1. The highest BCUT2D eigenvalue weighted by molar-refractivity contribution is 5.84. The number of carbonyl (C=O) groups excluding carboxylic acids is 2. The molecule has 0 unspecified atom stereocenters. The van der Waals surface area contributed by atoms with Crippen LogP contribution in [0.15, 0.2) is 12.2 Å². The van der Waals surface area contributed by atoms with E-state index in [0.29, 0.717) is 64.3 Å². The van der Waals surface area contributed by atoms with E-state index < -0.39 is 76.8 Å². The molecule has 5 aliphatic rings. The molecule has 0 saturated carbocycles. The van der Waals surface area contributed by atoms with Crippen molar-refractivity contribution < 1.29 is 53.4 Å². The minimum atomic E-state index is -1.31. The second-order valence-electron chi connectivity index (χ2n) is 19.7. The molecule has 0 aromatic carbocycles. The summed E-state index contributed by atoms with van der Waals surface area (Å²) in [6.07, 6.45) is 8.47. The summed E-state index contributed by atoms with van der Waals surface area (Å²) in [5, 5.41) is 39.0. The summed E-state index contributed by atoms with van der Waals surface area (Å²) in [5.74, 6) is -5.90. The fourth-order valence-corrected chi connectivity index (χ4v) is 11.2. The van der Waals surface area contributed by atoms with Crippen LogP contribution in [0, 0.1) is 41.4 Å². The third-order valence-corrected chi connectivity index (χ3v) is 15.6. The molecule has 60 heavy (non-hydrogen) atoms. The molecule has 5 aliphatic heterocycles. The number of carbonyl (C=O) groups is 3. The number of nitrogens with one attached hydrogen (secondary N) is 2. The van der Waals surface area contributed by atoms with Gasteiger partial charge in [0.25, 0.3) is 0 Å². The first-order chi connectivity index (χ1) is 28.2. The van der Waals surface area contributed by atoms with Gasteiger partial charge >= 0.3 is 12.0 Å².